The smallest absolute Gasteiger partial charge is 0.122 e. The van der Waals surface area contributed by atoms with Crippen molar-refractivity contribution in [2.75, 3.05) is 13.7 Å². The van der Waals surface area contributed by atoms with Gasteiger partial charge in [-0.2, -0.15) is 0 Å². The van der Waals surface area contributed by atoms with Crippen molar-refractivity contribution in [1.29, 1.82) is 0 Å². The molecule has 0 radical (unpaired) electrons. The maximum absolute atomic E-state index is 5.43. The molecule has 18 heavy (non-hydrogen) atoms. The van der Waals surface area contributed by atoms with Gasteiger partial charge in [-0.3, -0.25) is 0 Å². The van der Waals surface area contributed by atoms with Crippen molar-refractivity contribution in [3.8, 4) is 5.75 Å². The molecule has 0 aliphatic rings. The highest BCUT2D eigenvalue weighted by atomic mass is 16.5. The molecule has 0 saturated carbocycles. The fraction of sp³-hybridized carbons (Fsp3) is 0.625. The molecule has 0 aromatic heterocycles. The van der Waals surface area contributed by atoms with Crippen LogP contribution in [-0.2, 0) is 6.42 Å². The largest absolute Gasteiger partial charge is 0.496 e. The predicted molar refractivity (Wildman–Crippen MR) is 78.4 cm³/mol. The van der Waals surface area contributed by atoms with Crippen LogP contribution in [0.1, 0.15) is 38.3 Å². The highest BCUT2D eigenvalue weighted by molar-refractivity contribution is 5.37. The van der Waals surface area contributed by atoms with Crippen LogP contribution in [0, 0.1) is 12.8 Å². The van der Waals surface area contributed by atoms with Gasteiger partial charge in [-0.1, -0.05) is 38.5 Å². The molecule has 1 aromatic carbocycles. The first-order valence-corrected chi connectivity index (χ1v) is 6.89. The molecule has 2 nitrogen and oxygen atoms in total. The van der Waals surface area contributed by atoms with Crippen molar-refractivity contribution in [1.82, 2.24) is 5.32 Å². The van der Waals surface area contributed by atoms with Crippen LogP contribution in [0.3, 0.4) is 0 Å². The van der Waals surface area contributed by atoms with Gasteiger partial charge in [0.25, 0.3) is 0 Å². The Balaban J connectivity index is 2.52. The highest BCUT2D eigenvalue weighted by Gasteiger charge is 2.09. The number of hydrogen-bond donors (Lipinski definition) is 1. The highest BCUT2D eigenvalue weighted by Crippen LogP contribution is 2.23. The summed E-state index contributed by atoms with van der Waals surface area (Å²) in [5, 5.41) is 3.47. The molecule has 102 valence electrons. The van der Waals surface area contributed by atoms with Crippen LogP contribution in [-0.4, -0.2) is 19.7 Å². The molecule has 0 aliphatic heterocycles. The van der Waals surface area contributed by atoms with Crippen LogP contribution in [0.5, 0.6) is 5.75 Å². The summed E-state index contributed by atoms with van der Waals surface area (Å²) in [6, 6.07) is 6.99. The summed E-state index contributed by atoms with van der Waals surface area (Å²) in [5.74, 6) is 1.69. The second-order valence-corrected chi connectivity index (χ2v) is 5.52. The van der Waals surface area contributed by atoms with Gasteiger partial charge in [0, 0.05) is 6.04 Å². The van der Waals surface area contributed by atoms with Gasteiger partial charge in [-0.05, 0) is 43.9 Å². The molecule has 0 spiro atoms. The van der Waals surface area contributed by atoms with Gasteiger partial charge in [-0.15, -0.1) is 0 Å². The van der Waals surface area contributed by atoms with Crippen molar-refractivity contribution in [3.05, 3.63) is 29.3 Å². The number of ether oxygens (including phenoxy) is 1. The third-order valence-corrected chi connectivity index (χ3v) is 3.19. The Morgan fingerprint density at radius 3 is 2.56 bits per heavy atom. The minimum Gasteiger partial charge on any atom is -0.496 e. The summed E-state index contributed by atoms with van der Waals surface area (Å²) >= 11 is 0. The molecule has 0 amide bonds. The Hall–Kier alpha value is -1.02. The molecular weight excluding hydrogens is 222 g/mol. The molecule has 0 aliphatic carbocycles. The van der Waals surface area contributed by atoms with Crippen molar-refractivity contribution in [2.24, 2.45) is 5.92 Å². The zero-order valence-electron chi connectivity index (χ0n) is 12.4. The average molecular weight is 249 g/mol. The Morgan fingerprint density at radius 2 is 1.94 bits per heavy atom. The molecule has 1 atom stereocenters. The van der Waals surface area contributed by atoms with Gasteiger partial charge in [0.05, 0.1) is 7.11 Å². The van der Waals surface area contributed by atoms with Gasteiger partial charge in [0.1, 0.15) is 5.75 Å². The van der Waals surface area contributed by atoms with Gasteiger partial charge < -0.3 is 10.1 Å². The number of nitrogens with one attached hydrogen (secondary N) is 1. The van der Waals surface area contributed by atoms with E-state index in [1.54, 1.807) is 7.11 Å². The molecule has 0 heterocycles. The Kier molecular flexibility index (Phi) is 6.20. The van der Waals surface area contributed by atoms with Crippen LogP contribution >= 0.6 is 0 Å². The summed E-state index contributed by atoms with van der Waals surface area (Å²) in [5.41, 5.74) is 2.63. The van der Waals surface area contributed by atoms with E-state index in [0.717, 1.165) is 18.7 Å². The second-order valence-electron chi connectivity index (χ2n) is 5.52. The third-order valence-electron chi connectivity index (χ3n) is 3.19. The van der Waals surface area contributed by atoms with E-state index in [4.69, 9.17) is 4.74 Å². The lowest BCUT2D eigenvalue weighted by Gasteiger charge is -2.16. The van der Waals surface area contributed by atoms with E-state index in [0.29, 0.717) is 12.0 Å². The first-order valence-electron chi connectivity index (χ1n) is 6.89. The zero-order chi connectivity index (χ0) is 13.5. The fourth-order valence-corrected chi connectivity index (χ4v) is 2.16. The van der Waals surface area contributed by atoms with E-state index in [2.05, 4.69) is 51.2 Å². The van der Waals surface area contributed by atoms with E-state index < -0.39 is 0 Å². The Morgan fingerprint density at radius 1 is 1.22 bits per heavy atom. The first-order chi connectivity index (χ1) is 8.52. The standard InChI is InChI=1S/C16H27NO/c1-12(2)17-9-8-14(4)11-15-10-13(3)6-7-16(15)18-5/h6-7,10,12,14,17H,8-9,11H2,1-5H3. The fourth-order valence-electron chi connectivity index (χ4n) is 2.16. The van der Waals surface area contributed by atoms with Crippen LogP contribution < -0.4 is 10.1 Å². The summed E-state index contributed by atoms with van der Waals surface area (Å²) in [7, 11) is 1.75. The topological polar surface area (TPSA) is 21.3 Å². The second kappa shape index (κ2) is 7.42. The average Bonchev–Trinajstić information content (AvgIpc) is 2.28. The Labute approximate surface area is 112 Å². The zero-order valence-corrected chi connectivity index (χ0v) is 12.4. The van der Waals surface area contributed by atoms with Gasteiger partial charge in [-0.25, -0.2) is 0 Å². The molecular formula is C16H27NO. The predicted octanol–water partition coefficient (Wildman–Crippen LogP) is 3.57. The van der Waals surface area contributed by atoms with Crippen molar-refractivity contribution < 1.29 is 4.74 Å². The lowest BCUT2D eigenvalue weighted by atomic mass is 9.96. The van der Waals surface area contributed by atoms with Crippen molar-refractivity contribution in [3.63, 3.8) is 0 Å². The molecule has 0 saturated heterocycles. The van der Waals surface area contributed by atoms with Crippen LogP contribution in [0.4, 0.5) is 0 Å². The summed E-state index contributed by atoms with van der Waals surface area (Å²) in [4.78, 5) is 0. The van der Waals surface area contributed by atoms with Gasteiger partial charge in [0.15, 0.2) is 0 Å². The molecule has 1 aromatic rings. The molecule has 0 fully saturated rings. The van der Waals surface area contributed by atoms with E-state index in [9.17, 15) is 0 Å². The van der Waals surface area contributed by atoms with Gasteiger partial charge >= 0.3 is 0 Å². The summed E-state index contributed by atoms with van der Waals surface area (Å²) < 4.78 is 5.43. The minimum absolute atomic E-state index is 0.575. The quantitative estimate of drug-likeness (QED) is 0.797. The number of rotatable bonds is 7. The normalized spacial score (nSPS) is 12.8. The SMILES string of the molecule is COc1ccc(C)cc1CC(C)CCNC(C)C. The van der Waals surface area contributed by atoms with E-state index in [-0.39, 0.29) is 0 Å². The molecule has 0 bridgehead atoms. The maximum atomic E-state index is 5.43. The van der Waals surface area contributed by atoms with Crippen molar-refractivity contribution >= 4 is 0 Å². The number of aryl methyl sites for hydroxylation is 1. The number of benzene rings is 1. The molecule has 1 rings (SSSR count). The van der Waals surface area contributed by atoms with Crippen LogP contribution in [0.15, 0.2) is 18.2 Å². The maximum Gasteiger partial charge on any atom is 0.122 e. The lowest BCUT2D eigenvalue weighted by molar-refractivity contribution is 0.402. The summed E-state index contributed by atoms with van der Waals surface area (Å²) in [6.45, 7) is 9.91. The first kappa shape index (κ1) is 15.0. The number of methoxy groups -OCH3 is 1. The Bertz CT molecular complexity index is 360. The monoisotopic (exact) mass is 249 g/mol. The lowest BCUT2D eigenvalue weighted by Crippen LogP contribution is -2.25. The van der Waals surface area contributed by atoms with E-state index >= 15 is 0 Å². The number of hydrogen-bond acceptors (Lipinski definition) is 2. The minimum atomic E-state index is 0.575. The van der Waals surface area contributed by atoms with Crippen molar-refractivity contribution in [2.45, 2.75) is 46.6 Å². The molecule has 1 unspecified atom stereocenters. The molecule has 2 heteroatoms. The van der Waals surface area contributed by atoms with Gasteiger partial charge in [0.2, 0.25) is 0 Å². The molecule has 1 N–H and O–H groups in total. The van der Waals surface area contributed by atoms with E-state index in [1.165, 1.54) is 17.5 Å². The van der Waals surface area contributed by atoms with Crippen LogP contribution in [0.2, 0.25) is 0 Å². The van der Waals surface area contributed by atoms with E-state index in [1.807, 2.05) is 0 Å². The summed E-state index contributed by atoms with van der Waals surface area (Å²) in [6.07, 6.45) is 2.29. The van der Waals surface area contributed by atoms with Crippen LogP contribution in [0.25, 0.3) is 0 Å². The third kappa shape index (κ3) is 5.09.